The summed E-state index contributed by atoms with van der Waals surface area (Å²) in [6.45, 7) is 2.10. The zero-order valence-corrected chi connectivity index (χ0v) is 13.1. The number of nitrogens with one attached hydrogen (secondary N) is 1. The number of amides is 1. The molecular weight excluding hydrogens is 286 g/mol. The third kappa shape index (κ3) is 3.89. The van der Waals surface area contributed by atoms with Gasteiger partial charge >= 0.3 is 0 Å². The van der Waals surface area contributed by atoms with Gasteiger partial charge in [-0.15, -0.1) is 0 Å². The Morgan fingerprint density at radius 2 is 1.65 bits per heavy atom. The van der Waals surface area contributed by atoms with Gasteiger partial charge < -0.3 is 9.73 Å². The van der Waals surface area contributed by atoms with Gasteiger partial charge in [0.2, 0.25) is 0 Å². The lowest BCUT2D eigenvalue weighted by Crippen LogP contribution is -2.10. The molecule has 3 aromatic rings. The van der Waals surface area contributed by atoms with E-state index in [1.165, 1.54) is 5.56 Å². The highest BCUT2D eigenvalue weighted by molar-refractivity contribution is 6.02. The maximum Gasteiger partial charge on any atom is 0.291 e. The summed E-state index contributed by atoms with van der Waals surface area (Å²) >= 11 is 0. The first kappa shape index (κ1) is 15.1. The molecule has 0 unspecified atom stereocenters. The Morgan fingerprint density at radius 1 is 0.913 bits per heavy atom. The van der Waals surface area contributed by atoms with Gasteiger partial charge in [-0.1, -0.05) is 49.4 Å². The average molecular weight is 305 g/mol. The maximum atomic E-state index is 12.2. The Labute approximate surface area is 136 Å². The van der Waals surface area contributed by atoms with Crippen LogP contribution < -0.4 is 5.32 Å². The fourth-order valence-corrected chi connectivity index (χ4v) is 2.41. The molecule has 3 rings (SSSR count). The Morgan fingerprint density at radius 3 is 2.35 bits per heavy atom. The largest absolute Gasteiger partial charge is 0.456 e. The zero-order chi connectivity index (χ0) is 16.1. The minimum atomic E-state index is -0.228. The number of carbonyl (C=O) groups excluding carboxylic acids is 1. The number of aryl methyl sites for hydroxylation is 1. The minimum Gasteiger partial charge on any atom is -0.456 e. The number of furan rings is 1. The average Bonchev–Trinajstić information content (AvgIpc) is 3.05. The van der Waals surface area contributed by atoms with Crippen molar-refractivity contribution in [2.45, 2.75) is 19.8 Å². The first-order valence-electron chi connectivity index (χ1n) is 7.77. The van der Waals surface area contributed by atoms with E-state index in [9.17, 15) is 4.79 Å². The quantitative estimate of drug-likeness (QED) is 0.743. The maximum absolute atomic E-state index is 12.2. The highest BCUT2D eigenvalue weighted by Crippen LogP contribution is 2.16. The van der Waals surface area contributed by atoms with Gasteiger partial charge in [0.05, 0.1) is 0 Å². The van der Waals surface area contributed by atoms with E-state index in [-0.39, 0.29) is 5.91 Å². The fourth-order valence-electron chi connectivity index (χ4n) is 2.41. The summed E-state index contributed by atoms with van der Waals surface area (Å²) in [5, 5.41) is 2.85. The lowest BCUT2D eigenvalue weighted by molar-refractivity contribution is 0.0995. The molecule has 0 bridgehead atoms. The van der Waals surface area contributed by atoms with Crippen LogP contribution in [-0.2, 0) is 12.8 Å². The molecule has 0 fully saturated rings. The van der Waals surface area contributed by atoms with Crippen molar-refractivity contribution in [2.24, 2.45) is 0 Å². The summed E-state index contributed by atoms with van der Waals surface area (Å²) in [6.07, 6.45) is 1.66. The van der Waals surface area contributed by atoms with Gasteiger partial charge in [-0.3, -0.25) is 4.79 Å². The van der Waals surface area contributed by atoms with Crippen LogP contribution in [0.25, 0.3) is 0 Å². The van der Waals surface area contributed by atoms with Crippen molar-refractivity contribution >= 4 is 11.6 Å². The molecule has 1 aromatic heterocycles. The van der Waals surface area contributed by atoms with E-state index in [4.69, 9.17) is 4.42 Å². The van der Waals surface area contributed by atoms with Gasteiger partial charge in [-0.2, -0.15) is 0 Å². The highest BCUT2D eigenvalue weighted by atomic mass is 16.3. The molecule has 0 aliphatic heterocycles. The summed E-state index contributed by atoms with van der Waals surface area (Å²) in [4.78, 5) is 12.2. The van der Waals surface area contributed by atoms with Crippen molar-refractivity contribution in [3.63, 3.8) is 0 Å². The first-order chi connectivity index (χ1) is 11.2. The molecule has 1 N–H and O–H groups in total. The summed E-state index contributed by atoms with van der Waals surface area (Å²) in [7, 11) is 0. The van der Waals surface area contributed by atoms with Crippen molar-refractivity contribution in [1.82, 2.24) is 0 Å². The van der Waals surface area contributed by atoms with E-state index >= 15 is 0 Å². The Hall–Kier alpha value is -2.81. The molecule has 3 heteroatoms. The predicted octanol–water partition coefficient (Wildman–Crippen LogP) is 4.69. The van der Waals surface area contributed by atoms with Crippen LogP contribution in [0.2, 0.25) is 0 Å². The Balaban J connectivity index is 1.66. The van der Waals surface area contributed by atoms with Crippen molar-refractivity contribution in [3.8, 4) is 0 Å². The van der Waals surface area contributed by atoms with Crippen LogP contribution in [-0.4, -0.2) is 5.91 Å². The molecule has 0 aliphatic rings. The number of carbonyl (C=O) groups is 1. The molecule has 0 atom stereocenters. The Kier molecular flexibility index (Phi) is 4.57. The van der Waals surface area contributed by atoms with E-state index in [1.54, 1.807) is 6.07 Å². The van der Waals surface area contributed by atoms with Crippen LogP contribution in [0, 0.1) is 0 Å². The van der Waals surface area contributed by atoms with Gasteiger partial charge in [-0.25, -0.2) is 0 Å². The minimum absolute atomic E-state index is 0.228. The van der Waals surface area contributed by atoms with Gasteiger partial charge in [0.25, 0.3) is 5.91 Å². The second-order valence-electron chi connectivity index (χ2n) is 5.43. The van der Waals surface area contributed by atoms with E-state index in [1.807, 2.05) is 60.7 Å². The summed E-state index contributed by atoms with van der Waals surface area (Å²) in [5.74, 6) is 0.881. The van der Waals surface area contributed by atoms with Crippen molar-refractivity contribution < 1.29 is 9.21 Å². The van der Waals surface area contributed by atoms with Crippen molar-refractivity contribution in [1.29, 1.82) is 0 Å². The molecule has 116 valence electrons. The van der Waals surface area contributed by atoms with Crippen LogP contribution in [0.4, 0.5) is 5.69 Å². The Bertz CT molecular complexity index is 773. The zero-order valence-electron chi connectivity index (χ0n) is 13.1. The van der Waals surface area contributed by atoms with E-state index in [0.29, 0.717) is 12.2 Å². The topological polar surface area (TPSA) is 42.2 Å². The van der Waals surface area contributed by atoms with Gasteiger partial charge in [-0.05, 0) is 41.8 Å². The molecule has 1 amide bonds. The third-order valence-electron chi connectivity index (χ3n) is 3.73. The molecule has 2 aromatic carbocycles. The molecule has 1 heterocycles. The summed E-state index contributed by atoms with van der Waals surface area (Å²) in [5.41, 5.74) is 3.17. The van der Waals surface area contributed by atoms with E-state index in [2.05, 4.69) is 12.2 Å². The first-order valence-corrected chi connectivity index (χ1v) is 7.77. The molecule has 0 radical (unpaired) electrons. The smallest absolute Gasteiger partial charge is 0.291 e. The second kappa shape index (κ2) is 6.97. The van der Waals surface area contributed by atoms with E-state index in [0.717, 1.165) is 23.4 Å². The van der Waals surface area contributed by atoms with Crippen LogP contribution in [0.1, 0.15) is 34.4 Å². The fraction of sp³-hybridized carbons (Fsp3) is 0.150. The second-order valence-corrected chi connectivity index (χ2v) is 5.43. The predicted molar refractivity (Wildman–Crippen MR) is 91.7 cm³/mol. The lowest BCUT2D eigenvalue weighted by atomic mass is 10.1. The molecule has 0 spiro atoms. The molecule has 0 aliphatic carbocycles. The molecule has 3 nitrogen and oxygen atoms in total. The van der Waals surface area contributed by atoms with Crippen LogP contribution in [0.15, 0.2) is 71.1 Å². The van der Waals surface area contributed by atoms with Crippen LogP contribution in [0.3, 0.4) is 0 Å². The monoisotopic (exact) mass is 305 g/mol. The highest BCUT2D eigenvalue weighted by Gasteiger charge is 2.11. The van der Waals surface area contributed by atoms with Crippen LogP contribution in [0.5, 0.6) is 0 Å². The van der Waals surface area contributed by atoms with Crippen LogP contribution >= 0.6 is 0 Å². The van der Waals surface area contributed by atoms with Gasteiger partial charge in [0.15, 0.2) is 5.76 Å². The van der Waals surface area contributed by atoms with Gasteiger partial charge in [0.1, 0.15) is 5.76 Å². The number of benzene rings is 2. The lowest BCUT2D eigenvalue weighted by Gasteiger charge is -2.04. The standard InChI is InChI=1S/C20H19NO2/c1-2-15-8-10-17(11-9-15)21-20(22)19-13-12-18(23-19)14-16-6-4-3-5-7-16/h3-13H,2,14H2,1H3,(H,21,22). The molecular formula is C20H19NO2. The number of anilines is 1. The van der Waals surface area contributed by atoms with Crippen molar-refractivity contribution in [3.05, 3.63) is 89.4 Å². The van der Waals surface area contributed by atoms with E-state index < -0.39 is 0 Å². The number of hydrogen-bond acceptors (Lipinski definition) is 2. The molecule has 23 heavy (non-hydrogen) atoms. The van der Waals surface area contributed by atoms with Crippen molar-refractivity contribution in [2.75, 3.05) is 5.32 Å². The third-order valence-corrected chi connectivity index (χ3v) is 3.73. The molecule has 0 saturated carbocycles. The summed E-state index contributed by atoms with van der Waals surface area (Å²) < 4.78 is 5.65. The number of rotatable bonds is 5. The normalized spacial score (nSPS) is 10.5. The SMILES string of the molecule is CCc1ccc(NC(=O)c2ccc(Cc3ccccc3)o2)cc1. The molecule has 0 saturated heterocycles. The summed E-state index contributed by atoms with van der Waals surface area (Å²) in [6, 6.07) is 21.4. The van der Waals surface area contributed by atoms with Gasteiger partial charge in [0, 0.05) is 12.1 Å². The number of hydrogen-bond donors (Lipinski definition) is 1.